The monoisotopic (exact) mass is 463 g/mol. The van der Waals surface area contributed by atoms with E-state index in [1.54, 1.807) is 6.92 Å². The molecule has 1 aliphatic rings. The summed E-state index contributed by atoms with van der Waals surface area (Å²) in [5.74, 6) is -1.36. The van der Waals surface area contributed by atoms with E-state index < -0.39 is 18.1 Å². The first-order chi connectivity index (χ1) is 16.4. The largest absolute Gasteiger partial charge is 0.480 e. The van der Waals surface area contributed by atoms with Gasteiger partial charge in [-0.3, -0.25) is 9.59 Å². The number of rotatable bonds is 9. The number of nitrogens with one attached hydrogen (secondary N) is 2. The van der Waals surface area contributed by atoms with E-state index in [2.05, 4.69) is 45.2 Å². The zero-order valence-electron chi connectivity index (χ0n) is 18.6. The van der Waals surface area contributed by atoms with Crippen LogP contribution in [0.2, 0.25) is 0 Å². The van der Waals surface area contributed by atoms with Crippen LogP contribution in [0.4, 0.5) is 4.79 Å². The number of fused-ring (bicyclic) bond motifs is 3. The number of carbonyl (C=O) groups excluding carboxylic acids is 2. The van der Waals surface area contributed by atoms with Gasteiger partial charge in [-0.25, -0.2) is 9.48 Å². The highest BCUT2D eigenvalue weighted by molar-refractivity contribution is 5.79. The Balaban J connectivity index is 1.23. The summed E-state index contributed by atoms with van der Waals surface area (Å²) in [5.41, 5.74) is 5.00. The summed E-state index contributed by atoms with van der Waals surface area (Å²) in [7, 11) is 0. The number of benzene rings is 2. The van der Waals surface area contributed by atoms with Gasteiger partial charge in [0.1, 0.15) is 18.8 Å². The molecule has 1 aliphatic carbocycles. The van der Waals surface area contributed by atoms with E-state index in [4.69, 9.17) is 9.84 Å². The van der Waals surface area contributed by atoms with Crippen molar-refractivity contribution >= 4 is 18.0 Å². The van der Waals surface area contributed by atoms with Gasteiger partial charge in [-0.2, -0.15) is 0 Å². The second-order valence-corrected chi connectivity index (χ2v) is 8.15. The summed E-state index contributed by atoms with van der Waals surface area (Å²) >= 11 is 0. The van der Waals surface area contributed by atoms with Gasteiger partial charge in [-0.05, 0) is 29.2 Å². The van der Waals surface area contributed by atoms with Gasteiger partial charge in [0, 0.05) is 18.4 Å². The van der Waals surface area contributed by atoms with Crippen LogP contribution in [-0.2, 0) is 27.4 Å². The molecule has 3 aromatic rings. The van der Waals surface area contributed by atoms with E-state index in [9.17, 15) is 14.4 Å². The Morgan fingerprint density at radius 3 is 2.38 bits per heavy atom. The third-order valence-electron chi connectivity index (χ3n) is 5.55. The van der Waals surface area contributed by atoms with Gasteiger partial charge in [0.15, 0.2) is 0 Å². The van der Waals surface area contributed by atoms with Crippen molar-refractivity contribution in [1.29, 1.82) is 0 Å². The van der Waals surface area contributed by atoms with E-state index in [0.717, 1.165) is 22.3 Å². The SMILES string of the molecule is CC(CC(=O)NCc1cn(CC(=O)O)nn1)NC(=O)OCC1c2ccccc2-c2ccccc21. The number of carboxylic acids is 1. The number of hydrogen-bond donors (Lipinski definition) is 3. The fraction of sp³-hybridized carbons (Fsp3) is 0.292. The molecule has 0 spiro atoms. The Hall–Kier alpha value is -4.21. The normalized spacial score (nSPS) is 13.0. The predicted molar refractivity (Wildman–Crippen MR) is 122 cm³/mol. The van der Waals surface area contributed by atoms with Gasteiger partial charge in [0.05, 0.1) is 12.7 Å². The molecule has 0 radical (unpaired) electrons. The van der Waals surface area contributed by atoms with Crippen molar-refractivity contribution in [3.63, 3.8) is 0 Å². The van der Waals surface area contributed by atoms with Crippen molar-refractivity contribution in [2.24, 2.45) is 0 Å². The van der Waals surface area contributed by atoms with E-state index in [1.165, 1.54) is 10.9 Å². The molecule has 10 heteroatoms. The summed E-state index contributed by atoms with van der Waals surface area (Å²) in [6, 6.07) is 15.7. The van der Waals surface area contributed by atoms with Crippen LogP contribution >= 0.6 is 0 Å². The number of aromatic nitrogens is 3. The van der Waals surface area contributed by atoms with E-state index >= 15 is 0 Å². The van der Waals surface area contributed by atoms with Crippen molar-refractivity contribution in [2.45, 2.75) is 38.4 Å². The molecule has 10 nitrogen and oxygen atoms in total. The molecule has 2 aromatic carbocycles. The summed E-state index contributed by atoms with van der Waals surface area (Å²) in [6.45, 7) is 1.72. The van der Waals surface area contributed by atoms with Gasteiger partial charge >= 0.3 is 12.1 Å². The highest BCUT2D eigenvalue weighted by Gasteiger charge is 2.29. The molecule has 1 unspecified atom stereocenters. The van der Waals surface area contributed by atoms with E-state index in [0.29, 0.717) is 5.69 Å². The second-order valence-electron chi connectivity index (χ2n) is 8.15. The maximum atomic E-state index is 12.4. The number of carboxylic acid groups (broad SMARTS) is 1. The van der Waals surface area contributed by atoms with Crippen molar-refractivity contribution in [1.82, 2.24) is 25.6 Å². The molecule has 0 saturated carbocycles. The van der Waals surface area contributed by atoms with E-state index in [1.807, 2.05) is 24.3 Å². The van der Waals surface area contributed by atoms with Crippen molar-refractivity contribution < 1.29 is 24.2 Å². The maximum Gasteiger partial charge on any atom is 0.407 e. The number of amides is 2. The highest BCUT2D eigenvalue weighted by Crippen LogP contribution is 2.44. The Kier molecular flexibility index (Phi) is 6.86. The van der Waals surface area contributed by atoms with Gasteiger partial charge in [-0.1, -0.05) is 53.7 Å². The number of hydrogen-bond acceptors (Lipinski definition) is 6. The molecule has 34 heavy (non-hydrogen) atoms. The standard InChI is InChI=1S/C24H25N5O5/c1-15(10-22(30)25-11-16-12-29(28-27-16)13-23(31)32)26-24(33)34-14-21-19-8-4-2-6-17(19)18-7-3-5-9-20(18)21/h2-9,12,15,21H,10-11,13-14H2,1H3,(H,25,30)(H,26,33)(H,31,32). The van der Waals surface area contributed by atoms with Crippen molar-refractivity contribution in [2.75, 3.05) is 6.61 Å². The summed E-state index contributed by atoms with van der Waals surface area (Å²) in [6.07, 6.45) is 0.916. The molecule has 1 aromatic heterocycles. The van der Waals surface area contributed by atoms with Crippen LogP contribution in [0.25, 0.3) is 11.1 Å². The Morgan fingerprint density at radius 1 is 1.09 bits per heavy atom. The molecule has 1 atom stereocenters. The van der Waals surface area contributed by atoms with E-state index in [-0.39, 0.29) is 37.9 Å². The first kappa shape index (κ1) is 23.0. The number of ether oxygens (including phenoxy) is 1. The minimum atomic E-state index is -1.03. The van der Waals surface area contributed by atoms with Crippen molar-refractivity contribution in [3.8, 4) is 11.1 Å². The van der Waals surface area contributed by atoms with Gasteiger partial charge in [0.25, 0.3) is 0 Å². The average Bonchev–Trinajstić information content (AvgIpc) is 3.38. The first-order valence-corrected chi connectivity index (χ1v) is 10.9. The Bertz CT molecular complexity index is 1160. The lowest BCUT2D eigenvalue weighted by atomic mass is 9.98. The maximum absolute atomic E-state index is 12.4. The molecule has 1 heterocycles. The number of alkyl carbamates (subject to hydrolysis) is 1. The third kappa shape index (κ3) is 5.40. The quantitative estimate of drug-likeness (QED) is 0.443. The zero-order chi connectivity index (χ0) is 24.1. The van der Waals surface area contributed by atoms with Crippen LogP contribution < -0.4 is 10.6 Å². The molecular formula is C24H25N5O5. The van der Waals surface area contributed by atoms with Crippen LogP contribution in [0.1, 0.15) is 36.1 Å². The number of nitrogens with zero attached hydrogens (tertiary/aromatic N) is 3. The van der Waals surface area contributed by atoms with Crippen LogP contribution in [-0.4, -0.2) is 50.7 Å². The Morgan fingerprint density at radius 2 is 1.74 bits per heavy atom. The molecule has 0 saturated heterocycles. The molecule has 0 bridgehead atoms. The van der Waals surface area contributed by atoms with Gasteiger partial charge in [0.2, 0.25) is 5.91 Å². The second kappa shape index (κ2) is 10.2. The third-order valence-corrected chi connectivity index (χ3v) is 5.55. The summed E-state index contributed by atoms with van der Waals surface area (Å²) < 4.78 is 6.68. The van der Waals surface area contributed by atoms with Crippen LogP contribution in [0, 0.1) is 0 Å². The van der Waals surface area contributed by atoms with Crippen LogP contribution in [0.3, 0.4) is 0 Å². The van der Waals surface area contributed by atoms with Crippen LogP contribution in [0.5, 0.6) is 0 Å². The molecule has 0 aliphatic heterocycles. The molecular weight excluding hydrogens is 438 g/mol. The molecule has 0 fully saturated rings. The first-order valence-electron chi connectivity index (χ1n) is 10.9. The molecule has 4 rings (SSSR count). The lowest BCUT2D eigenvalue weighted by Crippen LogP contribution is -2.38. The number of carbonyl (C=O) groups is 3. The predicted octanol–water partition coefficient (Wildman–Crippen LogP) is 2.30. The average molecular weight is 463 g/mol. The highest BCUT2D eigenvalue weighted by atomic mass is 16.5. The minimum Gasteiger partial charge on any atom is -0.480 e. The van der Waals surface area contributed by atoms with Gasteiger partial charge < -0.3 is 20.5 Å². The summed E-state index contributed by atoms with van der Waals surface area (Å²) in [5, 5.41) is 21.6. The van der Waals surface area contributed by atoms with Gasteiger partial charge in [-0.15, -0.1) is 5.10 Å². The zero-order valence-corrected chi connectivity index (χ0v) is 18.6. The molecule has 2 amide bonds. The topological polar surface area (TPSA) is 135 Å². The fourth-order valence-electron chi connectivity index (χ4n) is 4.07. The molecule has 176 valence electrons. The molecule has 3 N–H and O–H groups in total. The summed E-state index contributed by atoms with van der Waals surface area (Å²) in [4.78, 5) is 35.2. The Labute approximate surface area is 195 Å². The fourth-order valence-corrected chi connectivity index (χ4v) is 4.07. The van der Waals surface area contributed by atoms with Crippen LogP contribution in [0.15, 0.2) is 54.7 Å². The number of aliphatic carboxylic acids is 1. The lowest BCUT2D eigenvalue weighted by Gasteiger charge is -2.17. The minimum absolute atomic E-state index is 0.0358. The smallest absolute Gasteiger partial charge is 0.407 e. The lowest BCUT2D eigenvalue weighted by molar-refractivity contribution is -0.138. The van der Waals surface area contributed by atoms with Crippen molar-refractivity contribution in [3.05, 3.63) is 71.5 Å².